The van der Waals surface area contributed by atoms with Gasteiger partial charge in [-0.2, -0.15) is 0 Å². The number of carboxylic acid groups (broad SMARTS) is 1. The van der Waals surface area contributed by atoms with Crippen LogP contribution < -0.4 is 0 Å². The van der Waals surface area contributed by atoms with E-state index in [2.05, 4.69) is 6.92 Å². The summed E-state index contributed by atoms with van der Waals surface area (Å²) in [5.74, 6) is -1.46. The standard InChI is InChI=1S/C14H22O4/c1-8(13(17)18)10-4-6-14(2)5-3-9(15)7-11(14)12(10)16/h8,10-12,16H,3-7H2,1-2H3,(H,17,18)/t8-,10+,11?,12?,14+/m0/s1. The second-order valence-electron chi connectivity index (χ2n) is 6.32. The highest BCUT2D eigenvalue weighted by Gasteiger charge is 2.50. The fourth-order valence-corrected chi connectivity index (χ4v) is 3.74. The molecule has 2 N–H and O–H groups in total. The molecule has 2 aliphatic rings. The van der Waals surface area contributed by atoms with Gasteiger partial charge >= 0.3 is 5.97 Å². The van der Waals surface area contributed by atoms with Crippen molar-refractivity contribution in [3.05, 3.63) is 0 Å². The summed E-state index contributed by atoms with van der Waals surface area (Å²) in [7, 11) is 0. The van der Waals surface area contributed by atoms with Crippen LogP contribution in [0.15, 0.2) is 0 Å². The Balaban J connectivity index is 2.18. The Bertz CT molecular complexity index is 365. The summed E-state index contributed by atoms with van der Waals surface area (Å²) in [4.78, 5) is 22.7. The van der Waals surface area contributed by atoms with Gasteiger partial charge in [0.1, 0.15) is 5.78 Å². The Morgan fingerprint density at radius 3 is 2.72 bits per heavy atom. The van der Waals surface area contributed by atoms with Gasteiger partial charge < -0.3 is 10.2 Å². The third-order valence-electron chi connectivity index (χ3n) is 5.25. The zero-order valence-corrected chi connectivity index (χ0v) is 11.1. The van der Waals surface area contributed by atoms with Crippen molar-refractivity contribution in [1.82, 2.24) is 0 Å². The number of fused-ring (bicyclic) bond motifs is 1. The number of aliphatic hydroxyl groups is 1. The van der Waals surface area contributed by atoms with Crippen LogP contribution in [0, 0.1) is 23.2 Å². The molecule has 18 heavy (non-hydrogen) atoms. The average Bonchev–Trinajstić information content (AvgIpc) is 2.31. The highest BCUT2D eigenvalue weighted by molar-refractivity contribution is 5.79. The van der Waals surface area contributed by atoms with Crippen LogP contribution in [0.1, 0.15) is 46.0 Å². The first kappa shape index (κ1) is 13.5. The molecule has 102 valence electrons. The van der Waals surface area contributed by atoms with Crippen molar-refractivity contribution in [3.63, 3.8) is 0 Å². The molecule has 0 aliphatic heterocycles. The van der Waals surface area contributed by atoms with Crippen LogP contribution in [0.5, 0.6) is 0 Å². The molecule has 4 nitrogen and oxygen atoms in total. The van der Waals surface area contributed by atoms with Gasteiger partial charge in [0.05, 0.1) is 12.0 Å². The molecule has 0 saturated heterocycles. The molecule has 2 fully saturated rings. The number of aliphatic hydroxyl groups excluding tert-OH is 1. The van der Waals surface area contributed by atoms with Crippen molar-refractivity contribution in [2.24, 2.45) is 23.2 Å². The van der Waals surface area contributed by atoms with Crippen LogP contribution >= 0.6 is 0 Å². The summed E-state index contributed by atoms with van der Waals surface area (Å²) in [6, 6.07) is 0. The second-order valence-corrected chi connectivity index (χ2v) is 6.32. The van der Waals surface area contributed by atoms with E-state index in [4.69, 9.17) is 5.11 Å². The molecular weight excluding hydrogens is 232 g/mol. The van der Waals surface area contributed by atoms with Gasteiger partial charge in [0.25, 0.3) is 0 Å². The molecule has 0 spiro atoms. The number of carboxylic acids is 1. The molecule has 0 heterocycles. The van der Waals surface area contributed by atoms with Gasteiger partial charge in [0.15, 0.2) is 0 Å². The molecule has 0 aromatic heterocycles. The Labute approximate surface area is 107 Å². The van der Waals surface area contributed by atoms with E-state index in [0.717, 1.165) is 19.3 Å². The minimum atomic E-state index is -0.857. The maximum atomic E-state index is 11.6. The van der Waals surface area contributed by atoms with Crippen LogP contribution in [0.25, 0.3) is 0 Å². The molecule has 4 heteroatoms. The number of carbonyl (C=O) groups excluding carboxylic acids is 1. The van der Waals surface area contributed by atoms with Crippen molar-refractivity contribution in [3.8, 4) is 0 Å². The molecule has 0 aromatic rings. The Kier molecular flexibility index (Phi) is 3.49. The first-order valence-corrected chi connectivity index (χ1v) is 6.78. The second kappa shape index (κ2) is 4.65. The zero-order chi connectivity index (χ0) is 13.5. The molecule has 0 radical (unpaired) electrons. The van der Waals surface area contributed by atoms with E-state index in [0.29, 0.717) is 12.8 Å². The minimum absolute atomic E-state index is 0.0159. The van der Waals surface area contributed by atoms with E-state index in [1.54, 1.807) is 6.92 Å². The number of rotatable bonds is 2. The summed E-state index contributed by atoms with van der Waals surface area (Å²) in [5.41, 5.74) is 0.0159. The average molecular weight is 254 g/mol. The Morgan fingerprint density at radius 2 is 2.11 bits per heavy atom. The smallest absolute Gasteiger partial charge is 0.306 e. The normalized spacial score (nSPS) is 42.2. The maximum absolute atomic E-state index is 11.6. The maximum Gasteiger partial charge on any atom is 0.306 e. The highest BCUT2D eigenvalue weighted by atomic mass is 16.4. The van der Waals surface area contributed by atoms with Gasteiger partial charge in [-0.05, 0) is 36.5 Å². The van der Waals surface area contributed by atoms with Crippen LogP contribution in [-0.2, 0) is 9.59 Å². The summed E-state index contributed by atoms with van der Waals surface area (Å²) in [5, 5.41) is 19.5. The lowest BCUT2D eigenvalue weighted by Gasteiger charge is -2.50. The number of carbonyl (C=O) groups is 2. The van der Waals surface area contributed by atoms with Crippen molar-refractivity contribution < 1.29 is 19.8 Å². The molecule has 2 aliphatic carbocycles. The lowest BCUT2D eigenvalue weighted by atomic mass is 9.55. The highest BCUT2D eigenvalue weighted by Crippen LogP contribution is 2.52. The van der Waals surface area contributed by atoms with Gasteiger partial charge in [-0.3, -0.25) is 9.59 Å². The third-order valence-corrected chi connectivity index (χ3v) is 5.25. The van der Waals surface area contributed by atoms with Crippen LogP contribution in [0.3, 0.4) is 0 Å². The number of ketones is 1. The number of Topliss-reactive ketones (excluding diaryl/α,β-unsaturated/α-hetero) is 1. The quantitative estimate of drug-likeness (QED) is 0.788. The van der Waals surface area contributed by atoms with Gasteiger partial charge in [0, 0.05) is 12.8 Å². The van der Waals surface area contributed by atoms with Crippen molar-refractivity contribution >= 4 is 11.8 Å². The minimum Gasteiger partial charge on any atom is -0.481 e. The van der Waals surface area contributed by atoms with E-state index in [9.17, 15) is 14.7 Å². The van der Waals surface area contributed by atoms with E-state index in [1.165, 1.54) is 0 Å². The Hall–Kier alpha value is -0.900. The predicted molar refractivity (Wildman–Crippen MR) is 66.0 cm³/mol. The number of hydrogen-bond acceptors (Lipinski definition) is 3. The van der Waals surface area contributed by atoms with Gasteiger partial charge in [-0.15, -0.1) is 0 Å². The lowest BCUT2D eigenvalue weighted by Crippen LogP contribution is -2.50. The van der Waals surface area contributed by atoms with Crippen molar-refractivity contribution in [1.29, 1.82) is 0 Å². The molecule has 0 bridgehead atoms. The van der Waals surface area contributed by atoms with Crippen LogP contribution in [-0.4, -0.2) is 28.1 Å². The Morgan fingerprint density at radius 1 is 1.44 bits per heavy atom. The topological polar surface area (TPSA) is 74.6 Å². The van der Waals surface area contributed by atoms with E-state index < -0.39 is 18.0 Å². The first-order valence-electron chi connectivity index (χ1n) is 6.78. The van der Waals surface area contributed by atoms with Gasteiger partial charge in [0.2, 0.25) is 0 Å². The van der Waals surface area contributed by atoms with Gasteiger partial charge in [-0.1, -0.05) is 13.8 Å². The monoisotopic (exact) mass is 254 g/mol. The zero-order valence-electron chi connectivity index (χ0n) is 11.1. The molecule has 2 unspecified atom stereocenters. The fraction of sp³-hybridized carbons (Fsp3) is 0.857. The molecular formula is C14H22O4. The SMILES string of the molecule is C[C@H](C(=O)O)[C@H]1CC[C@@]2(C)CCC(=O)CC2C1O. The predicted octanol–water partition coefficient (Wildman–Crippen LogP) is 1.85. The number of hydrogen-bond donors (Lipinski definition) is 2. The molecule has 5 atom stereocenters. The fourth-order valence-electron chi connectivity index (χ4n) is 3.74. The molecule has 2 rings (SSSR count). The largest absolute Gasteiger partial charge is 0.481 e. The summed E-state index contributed by atoms with van der Waals surface area (Å²) < 4.78 is 0. The molecule has 2 saturated carbocycles. The molecule has 0 aromatic carbocycles. The molecule has 0 amide bonds. The van der Waals surface area contributed by atoms with E-state index >= 15 is 0 Å². The van der Waals surface area contributed by atoms with E-state index in [-0.39, 0.29) is 23.0 Å². The third kappa shape index (κ3) is 2.18. The van der Waals surface area contributed by atoms with E-state index in [1.807, 2.05) is 0 Å². The summed E-state index contributed by atoms with van der Waals surface area (Å²) in [6.07, 6.45) is 2.88. The summed E-state index contributed by atoms with van der Waals surface area (Å²) >= 11 is 0. The van der Waals surface area contributed by atoms with Crippen molar-refractivity contribution in [2.75, 3.05) is 0 Å². The van der Waals surface area contributed by atoms with Crippen molar-refractivity contribution in [2.45, 2.75) is 52.1 Å². The van der Waals surface area contributed by atoms with Gasteiger partial charge in [-0.25, -0.2) is 0 Å². The first-order chi connectivity index (χ1) is 8.35. The van der Waals surface area contributed by atoms with Crippen LogP contribution in [0.4, 0.5) is 0 Å². The number of aliphatic carboxylic acids is 1. The summed E-state index contributed by atoms with van der Waals surface area (Å²) in [6.45, 7) is 3.79. The van der Waals surface area contributed by atoms with Crippen LogP contribution in [0.2, 0.25) is 0 Å². The lowest BCUT2D eigenvalue weighted by molar-refractivity contribution is -0.153.